The summed E-state index contributed by atoms with van der Waals surface area (Å²) in [5.41, 5.74) is 1.16. The molecule has 0 saturated heterocycles. The van der Waals surface area contributed by atoms with Crippen molar-refractivity contribution in [1.82, 2.24) is 5.32 Å². The Bertz CT molecular complexity index is 767. The van der Waals surface area contributed by atoms with Gasteiger partial charge >= 0.3 is 0 Å². The Morgan fingerprint density at radius 2 is 1.56 bits per heavy atom. The van der Waals surface area contributed by atoms with Gasteiger partial charge in [-0.05, 0) is 12.1 Å². The molecule has 0 aliphatic rings. The number of carbonyl (C=O) groups is 2. The molecule has 2 rings (SSSR count). The van der Waals surface area contributed by atoms with Crippen LogP contribution in [-0.2, 0) is 4.79 Å². The first-order valence-corrected chi connectivity index (χ1v) is 8.43. The molecule has 0 atom stereocenters. The molecule has 0 aliphatic carbocycles. The van der Waals surface area contributed by atoms with Gasteiger partial charge in [-0.25, -0.2) is 0 Å². The van der Waals surface area contributed by atoms with Gasteiger partial charge in [0.25, 0.3) is 5.91 Å². The number of nitrogens with one attached hydrogen (secondary N) is 1. The number of rotatable bonds is 8. The van der Waals surface area contributed by atoms with Crippen LogP contribution in [0.2, 0.25) is 0 Å². The lowest BCUT2D eigenvalue weighted by Gasteiger charge is -2.23. The summed E-state index contributed by atoms with van der Waals surface area (Å²) in [5, 5.41) is 2.81. The largest absolute Gasteiger partial charge is 0.493 e. The van der Waals surface area contributed by atoms with Crippen molar-refractivity contribution < 1.29 is 23.8 Å². The van der Waals surface area contributed by atoms with Crippen molar-refractivity contribution >= 4 is 17.5 Å². The van der Waals surface area contributed by atoms with Gasteiger partial charge in [0.15, 0.2) is 11.5 Å². The van der Waals surface area contributed by atoms with Gasteiger partial charge in [0, 0.05) is 37.7 Å². The standard InChI is InChI=1S/C20H24N2O5/c1-14(23)22(11-10-21-20(24)15-8-6-5-7-9-15)16-12-17(25-2)19(27-4)18(13-16)26-3/h5-9,12-13H,10-11H2,1-4H3,(H,21,24). The summed E-state index contributed by atoms with van der Waals surface area (Å²) in [4.78, 5) is 25.8. The van der Waals surface area contributed by atoms with Crippen molar-refractivity contribution in [2.45, 2.75) is 6.92 Å². The molecule has 0 saturated carbocycles. The molecule has 7 heteroatoms. The van der Waals surface area contributed by atoms with Crippen LogP contribution >= 0.6 is 0 Å². The molecule has 0 fully saturated rings. The smallest absolute Gasteiger partial charge is 0.251 e. The van der Waals surface area contributed by atoms with Crippen molar-refractivity contribution in [3.8, 4) is 17.2 Å². The van der Waals surface area contributed by atoms with E-state index in [2.05, 4.69) is 5.32 Å². The van der Waals surface area contributed by atoms with Crippen LogP contribution in [0.3, 0.4) is 0 Å². The van der Waals surface area contributed by atoms with Crippen molar-refractivity contribution in [2.24, 2.45) is 0 Å². The summed E-state index contributed by atoms with van der Waals surface area (Å²) in [6.07, 6.45) is 0. The minimum absolute atomic E-state index is 0.168. The highest BCUT2D eigenvalue weighted by Crippen LogP contribution is 2.41. The van der Waals surface area contributed by atoms with E-state index < -0.39 is 0 Å². The van der Waals surface area contributed by atoms with E-state index in [-0.39, 0.29) is 11.8 Å². The second kappa shape index (κ2) is 9.47. The zero-order valence-electron chi connectivity index (χ0n) is 15.9. The zero-order chi connectivity index (χ0) is 19.8. The number of methoxy groups -OCH3 is 3. The van der Waals surface area contributed by atoms with Crippen molar-refractivity contribution in [3.05, 3.63) is 48.0 Å². The lowest BCUT2D eigenvalue weighted by molar-refractivity contribution is -0.116. The van der Waals surface area contributed by atoms with Crippen LogP contribution in [0.15, 0.2) is 42.5 Å². The molecule has 2 aromatic carbocycles. The maximum Gasteiger partial charge on any atom is 0.251 e. The van der Waals surface area contributed by atoms with E-state index in [1.54, 1.807) is 36.4 Å². The van der Waals surface area contributed by atoms with Crippen molar-refractivity contribution in [1.29, 1.82) is 0 Å². The Labute approximate surface area is 158 Å². The number of anilines is 1. The molecule has 0 aliphatic heterocycles. The average molecular weight is 372 g/mol. The number of ether oxygens (including phenoxy) is 3. The van der Waals surface area contributed by atoms with E-state index in [4.69, 9.17) is 14.2 Å². The predicted molar refractivity (Wildman–Crippen MR) is 103 cm³/mol. The van der Waals surface area contributed by atoms with Crippen LogP contribution < -0.4 is 24.4 Å². The highest BCUT2D eigenvalue weighted by atomic mass is 16.5. The molecule has 0 spiro atoms. The van der Waals surface area contributed by atoms with Crippen LogP contribution in [-0.4, -0.2) is 46.2 Å². The molecule has 0 bridgehead atoms. The molecule has 2 amide bonds. The maximum absolute atomic E-state index is 12.1. The van der Waals surface area contributed by atoms with Gasteiger partial charge in [0.2, 0.25) is 11.7 Å². The SMILES string of the molecule is COc1cc(N(CCNC(=O)c2ccccc2)C(C)=O)cc(OC)c1OC. The Morgan fingerprint density at radius 3 is 2.04 bits per heavy atom. The summed E-state index contributed by atoms with van der Waals surface area (Å²) in [6.45, 7) is 2.05. The number of carbonyl (C=O) groups excluding carboxylic acids is 2. The molecule has 144 valence electrons. The first-order valence-electron chi connectivity index (χ1n) is 8.43. The Hall–Kier alpha value is -3.22. The molecule has 27 heavy (non-hydrogen) atoms. The Kier molecular flexibility index (Phi) is 7.05. The quantitative estimate of drug-likeness (QED) is 0.770. The van der Waals surface area contributed by atoms with Gasteiger partial charge in [-0.3, -0.25) is 9.59 Å². The fourth-order valence-electron chi connectivity index (χ4n) is 2.66. The van der Waals surface area contributed by atoms with E-state index in [1.165, 1.54) is 33.2 Å². The number of amides is 2. The van der Waals surface area contributed by atoms with Crippen LogP contribution in [0.1, 0.15) is 17.3 Å². The monoisotopic (exact) mass is 372 g/mol. The summed E-state index contributed by atoms with van der Waals surface area (Å²) < 4.78 is 16.0. The molecule has 7 nitrogen and oxygen atoms in total. The molecule has 0 unspecified atom stereocenters. The number of hydrogen-bond donors (Lipinski definition) is 1. The number of benzene rings is 2. The Morgan fingerprint density at radius 1 is 0.963 bits per heavy atom. The molecule has 2 aromatic rings. The first kappa shape index (κ1) is 20.1. The normalized spacial score (nSPS) is 10.1. The summed E-state index contributed by atoms with van der Waals surface area (Å²) >= 11 is 0. The molecular formula is C20H24N2O5. The molecular weight excluding hydrogens is 348 g/mol. The Balaban J connectivity index is 2.15. The van der Waals surface area contributed by atoms with Gasteiger partial charge in [-0.15, -0.1) is 0 Å². The van der Waals surface area contributed by atoms with Crippen LogP contribution in [0.4, 0.5) is 5.69 Å². The third kappa shape index (κ3) is 4.91. The third-order valence-electron chi connectivity index (χ3n) is 4.00. The fraction of sp³-hybridized carbons (Fsp3) is 0.300. The van der Waals surface area contributed by atoms with E-state index in [0.29, 0.717) is 41.6 Å². The molecule has 0 aromatic heterocycles. The van der Waals surface area contributed by atoms with Crippen molar-refractivity contribution in [3.63, 3.8) is 0 Å². The molecule has 0 radical (unpaired) electrons. The highest BCUT2D eigenvalue weighted by Gasteiger charge is 2.19. The van der Waals surface area contributed by atoms with Gasteiger partial charge < -0.3 is 24.4 Å². The average Bonchev–Trinajstić information content (AvgIpc) is 2.70. The predicted octanol–water partition coefficient (Wildman–Crippen LogP) is 2.50. The second-order valence-electron chi connectivity index (χ2n) is 5.68. The topological polar surface area (TPSA) is 77.1 Å². The summed E-state index contributed by atoms with van der Waals surface area (Å²) in [6, 6.07) is 12.3. The van der Waals surface area contributed by atoms with Crippen molar-refractivity contribution in [2.75, 3.05) is 39.3 Å². The summed E-state index contributed by atoms with van der Waals surface area (Å²) in [5.74, 6) is 0.990. The minimum atomic E-state index is -0.191. The van der Waals surface area contributed by atoms with Crippen LogP contribution in [0.5, 0.6) is 17.2 Å². The number of hydrogen-bond acceptors (Lipinski definition) is 5. The lowest BCUT2D eigenvalue weighted by Crippen LogP contribution is -2.37. The van der Waals surface area contributed by atoms with Gasteiger partial charge in [0.05, 0.1) is 27.0 Å². The van der Waals surface area contributed by atoms with E-state index in [9.17, 15) is 9.59 Å². The summed E-state index contributed by atoms with van der Waals surface area (Å²) in [7, 11) is 4.54. The van der Waals surface area contributed by atoms with E-state index in [0.717, 1.165) is 0 Å². The third-order valence-corrected chi connectivity index (χ3v) is 4.00. The van der Waals surface area contributed by atoms with Crippen LogP contribution in [0, 0.1) is 0 Å². The van der Waals surface area contributed by atoms with Gasteiger partial charge in [-0.1, -0.05) is 18.2 Å². The van der Waals surface area contributed by atoms with E-state index >= 15 is 0 Å². The maximum atomic E-state index is 12.1. The molecule has 1 N–H and O–H groups in total. The molecule has 0 heterocycles. The zero-order valence-corrected chi connectivity index (χ0v) is 15.9. The number of nitrogens with zero attached hydrogens (tertiary/aromatic N) is 1. The first-order chi connectivity index (χ1) is 13.0. The lowest BCUT2D eigenvalue weighted by atomic mass is 10.2. The fourth-order valence-corrected chi connectivity index (χ4v) is 2.66. The van der Waals surface area contributed by atoms with Crippen LogP contribution in [0.25, 0.3) is 0 Å². The second-order valence-corrected chi connectivity index (χ2v) is 5.68. The van der Waals surface area contributed by atoms with Gasteiger partial charge in [0.1, 0.15) is 0 Å². The van der Waals surface area contributed by atoms with Gasteiger partial charge in [-0.2, -0.15) is 0 Å². The minimum Gasteiger partial charge on any atom is -0.493 e. The highest BCUT2D eigenvalue weighted by molar-refractivity contribution is 5.95. The van der Waals surface area contributed by atoms with E-state index in [1.807, 2.05) is 6.07 Å².